The number of thioether (sulfide) groups is 3. The monoisotopic (exact) mass is 1990 g/mol. The molecule has 132 heavy (non-hydrogen) atoms. The van der Waals surface area contributed by atoms with Crippen molar-refractivity contribution >= 4 is 47.0 Å². The highest BCUT2D eigenvalue weighted by molar-refractivity contribution is 8.12. The van der Waals surface area contributed by atoms with Crippen molar-refractivity contribution in [3.8, 4) is 0 Å². The third-order valence-corrected chi connectivity index (χ3v) is 14.4. The molecule has 14 heterocycles. The van der Waals surface area contributed by atoms with Gasteiger partial charge in [-0.1, -0.05) is 401 Å². The van der Waals surface area contributed by atoms with E-state index in [4.69, 9.17) is 52.2 Å². The Balaban J connectivity index is -0.0000000326. The number of hydrogen-bond donors (Lipinski definition) is 5. The topological polar surface area (TPSA) is 186 Å². The van der Waals surface area contributed by atoms with Crippen LogP contribution in [0, 0.1) is 0 Å². The summed E-state index contributed by atoms with van der Waals surface area (Å²) in [5.74, 6) is 6.86. The Morgan fingerprint density at radius 2 is 0.447 bits per heavy atom. The second-order valence-corrected chi connectivity index (χ2v) is 21.7. The molecular formula is C111H281N7O11S3. The van der Waals surface area contributed by atoms with Crippen LogP contribution in [0.2, 0.25) is 0 Å². The zero-order valence-electron chi connectivity index (χ0n) is 104. The Morgan fingerprint density at radius 1 is 0.189 bits per heavy atom. The van der Waals surface area contributed by atoms with Crippen molar-refractivity contribution in [3.63, 3.8) is 0 Å². The van der Waals surface area contributed by atoms with E-state index in [0.717, 1.165) is 158 Å². The first-order valence-electron chi connectivity index (χ1n) is 57.7. The minimum atomic E-state index is 0.500. The number of hydroxylamine groups is 1. The third-order valence-electron chi connectivity index (χ3n) is 11.3. The van der Waals surface area contributed by atoms with Gasteiger partial charge in [0.25, 0.3) is 0 Å². The van der Waals surface area contributed by atoms with Crippen molar-refractivity contribution in [3.05, 3.63) is 0 Å². The van der Waals surface area contributed by atoms with E-state index >= 15 is 0 Å². The van der Waals surface area contributed by atoms with Gasteiger partial charge in [-0.15, -0.1) is 11.8 Å². The zero-order chi connectivity index (χ0) is 110. The van der Waals surface area contributed by atoms with E-state index in [9.17, 15) is 0 Å². The van der Waals surface area contributed by atoms with Crippen LogP contribution in [0.15, 0.2) is 9.98 Å². The van der Waals surface area contributed by atoms with E-state index < -0.39 is 0 Å². The Kier molecular flexibility index (Phi) is 608. The first kappa shape index (κ1) is 209. The van der Waals surface area contributed by atoms with Gasteiger partial charge in [0, 0.05) is 71.4 Å². The minimum Gasteiger partial charge on any atom is -0.381 e. The van der Waals surface area contributed by atoms with Gasteiger partial charge in [0.2, 0.25) is 0 Å². The molecule has 0 amide bonds. The fourth-order valence-corrected chi connectivity index (χ4v) is 9.52. The number of ether oxygens (including phenoxy) is 10. The Labute approximate surface area is 860 Å². The highest BCUT2D eigenvalue weighted by atomic mass is 32.2. The normalized spacial score (nSPS) is 14.8. The molecule has 14 aliphatic heterocycles. The van der Waals surface area contributed by atoms with Crippen LogP contribution < -0.4 is 26.7 Å². The molecule has 14 aliphatic rings. The van der Waals surface area contributed by atoms with Crippen molar-refractivity contribution in [2.45, 2.75) is 510 Å². The van der Waals surface area contributed by atoms with E-state index in [2.05, 4.69) is 60.3 Å². The van der Waals surface area contributed by atoms with Gasteiger partial charge in [-0.05, 0) is 165 Å². The molecule has 5 N–H and O–H groups in total. The summed E-state index contributed by atoms with van der Waals surface area (Å²) in [5, 5.41) is 12.7. The van der Waals surface area contributed by atoms with Gasteiger partial charge in [-0.25, -0.2) is 5.48 Å². The predicted molar refractivity (Wildman–Crippen MR) is 638 cm³/mol. The number of piperidine rings is 1. The predicted octanol–water partition coefficient (Wildman–Crippen LogP) is 36.4. The quantitative estimate of drug-likeness (QED) is 0.154. The Hall–Kier alpha value is -0.250. The van der Waals surface area contributed by atoms with Gasteiger partial charge in [-0.3, -0.25) is 15.3 Å². The van der Waals surface area contributed by atoms with Gasteiger partial charge in [-0.2, -0.15) is 23.5 Å². The maximum absolute atomic E-state index is 5.07. The first-order valence-corrected chi connectivity index (χ1v) is 61.0. The van der Waals surface area contributed by atoms with Crippen LogP contribution in [0.25, 0.3) is 0 Å². The molecule has 0 aromatic rings. The van der Waals surface area contributed by atoms with E-state index in [-0.39, 0.29) is 0 Å². The van der Waals surface area contributed by atoms with Gasteiger partial charge in [0.15, 0.2) is 0 Å². The fraction of sp³-hybridized carbons (Fsp3) is 0.982. The van der Waals surface area contributed by atoms with Crippen molar-refractivity contribution in [2.24, 2.45) is 9.98 Å². The number of morpholine rings is 1. The summed E-state index contributed by atoms with van der Waals surface area (Å²) < 4.78 is 48.9. The van der Waals surface area contributed by atoms with Crippen molar-refractivity contribution in [1.29, 1.82) is 0 Å². The van der Waals surface area contributed by atoms with Gasteiger partial charge in [0.1, 0.15) is 13.6 Å². The second-order valence-electron chi connectivity index (χ2n) is 18.3. The maximum atomic E-state index is 5.07. The highest BCUT2D eigenvalue weighted by Gasteiger charge is 2.01. The number of aliphatic imine (C=N–C) groups is 2. The summed E-state index contributed by atoms with van der Waals surface area (Å²) in [7, 11) is 0. The smallest absolute Gasteiger partial charge is 0.146 e. The van der Waals surface area contributed by atoms with Crippen molar-refractivity contribution in [1.82, 2.24) is 26.7 Å². The molecule has 12 saturated heterocycles. The summed E-state index contributed by atoms with van der Waals surface area (Å²) in [6.45, 7) is 139. The van der Waals surface area contributed by atoms with E-state index in [1.165, 1.54) is 171 Å². The van der Waals surface area contributed by atoms with Gasteiger partial charge < -0.3 is 68.2 Å². The molecule has 21 heteroatoms. The van der Waals surface area contributed by atoms with Gasteiger partial charge in [0.05, 0.1) is 91.6 Å². The lowest BCUT2D eigenvalue weighted by atomic mass is 10.2. The standard InChI is InChI=1S/C5H11N.C5H10O.C5H10S.C4H9NO.C4H9N.C4H7N.2C4H8O2.C4H8O.C4H8S.2C3H7NO.C3H5NS.C3H6O2.28C2H6/c3*1-2-4-6-5-3-1;1-3-6-4-2-5-1;2*1-2-4-5-3-1;1-2-6-4-3-5-1;1-2-5-4-6-3-1;2*1-2-4-5-3-1;1-2-5-3-4-1;1-2-4-5-3-1;2*1-2-5-3-4-1;28*1-2/h6H,1-5H2;2*1-5H2;5H,1-4H2;5H,1-4H2;3H,1-2,4H2;2*1-4H2;2*1-4H2;2*4H,1-3H2;3H,1-2H2;1-3H2;28*1-2H3. The summed E-state index contributed by atoms with van der Waals surface area (Å²) in [4.78, 5) is 12.6. The number of rotatable bonds is 0. The minimum absolute atomic E-state index is 0.500. The second kappa shape index (κ2) is 384. The van der Waals surface area contributed by atoms with Gasteiger partial charge >= 0.3 is 0 Å². The van der Waals surface area contributed by atoms with Crippen LogP contribution in [-0.2, 0) is 52.2 Å². The van der Waals surface area contributed by atoms with Crippen LogP contribution in [0.5, 0.6) is 0 Å². The summed E-state index contributed by atoms with van der Waals surface area (Å²) >= 11 is 5.95. The lowest BCUT2D eigenvalue weighted by Gasteiger charge is -2.10. The lowest BCUT2D eigenvalue weighted by molar-refractivity contribution is -0.0963. The lowest BCUT2D eigenvalue weighted by Crippen LogP contribution is -2.30. The average Bonchev–Trinajstić information content (AvgIpc) is 2.06. The van der Waals surface area contributed by atoms with Crippen LogP contribution in [0.1, 0.15) is 510 Å². The molecule has 0 saturated carbocycles. The summed E-state index contributed by atoms with van der Waals surface area (Å²) in [6, 6.07) is 0. The first-order chi connectivity index (χ1) is 66.0. The third kappa shape index (κ3) is 375. The van der Waals surface area contributed by atoms with E-state index in [1.54, 1.807) is 11.8 Å². The molecule has 0 aliphatic carbocycles. The Bertz CT molecular complexity index is 787. The van der Waals surface area contributed by atoms with Crippen LogP contribution in [0.3, 0.4) is 0 Å². The molecule has 0 atom stereocenters. The largest absolute Gasteiger partial charge is 0.381 e. The molecule has 844 valence electrons. The maximum Gasteiger partial charge on any atom is 0.146 e. The molecule has 18 nitrogen and oxygen atoms in total. The number of hydrogen-bond acceptors (Lipinski definition) is 21. The van der Waals surface area contributed by atoms with Crippen molar-refractivity contribution in [2.75, 3.05) is 220 Å². The molecule has 14 rings (SSSR count). The molecule has 0 radical (unpaired) electrons. The van der Waals surface area contributed by atoms with Crippen LogP contribution in [-0.4, -0.2) is 232 Å². The fourth-order valence-electron chi connectivity index (χ4n) is 6.95. The van der Waals surface area contributed by atoms with E-state index in [1.807, 2.05) is 399 Å². The molecule has 0 aromatic carbocycles. The molecule has 12 fully saturated rings. The molecule has 0 unspecified atom stereocenters. The SMILES string of the molecule is C1=NCCC1.C1=NCCS1.C1CCNC1.C1CCNCC1.C1CCOC1.C1CCOCC1.C1CCSC1.C1CCSCC1.C1CNOC1.C1COCCN1.C1COCCO1.C1COCN1.C1COCO1.C1COCOC1.CC.CC.CC.CC.CC.CC.CC.CC.CC.CC.CC.CC.CC.CC.CC.CC.CC.CC.CC.CC.CC.CC.CC.CC.CC.CC.CC.CC. The van der Waals surface area contributed by atoms with Crippen molar-refractivity contribution < 1.29 is 52.2 Å². The number of nitrogens with one attached hydrogen (secondary N) is 5. The molecule has 0 aromatic heterocycles. The van der Waals surface area contributed by atoms with Crippen LogP contribution in [0.4, 0.5) is 0 Å². The zero-order valence-corrected chi connectivity index (χ0v) is 106. The number of nitrogens with zero attached hydrogens (tertiary/aromatic N) is 2. The average molecular weight is 1990 g/mol. The highest BCUT2D eigenvalue weighted by Crippen LogP contribution is 2.15. The summed E-state index contributed by atoms with van der Waals surface area (Å²) in [5.41, 5.74) is 4.62. The Morgan fingerprint density at radius 3 is 0.553 bits per heavy atom. The molecule has 0 spiro atoms. The molecular weight excluding hydrogens is 1700 g/mol. The summed E-state index contributed by atoms with van der Waals surface area (Å²) in [6.07, 6.45) is 27.5. The molecule has 0 bridgehead atoms. The van der Waals surface area contributed by atoms with E-state index in [0.29, 0.717) is 13.6 Å². The van der Waals surface area contributed by atoms with Crippen LogP contribution >= 0.6 is 35.3 Å².